The summed E-state index contributed by atoms with van der Waals surface area (Å²) < 4.78 is 5.07. The molecule has 0 heterocycles. The summed E-state index contributed by atoms with van der Waals surface area (Å²) in [6.07, 6.45) is 0. The van der Waals surface area contributed by atoms with Gasteiger partial charge in [-0.2, -0.15) is 0 Å². The Morgan fingerprint density at radius 2 is 1.36 bits per heavy atom. The highest BCUT2D eigenvalue weighted by atomic mass is 16.5. The van der Waals surface area contributed by atoms with Crippen LogP contribution in [0.25, 0.3) is 0 Å². The smallest absolute Gasteiger partial charge is 0.257 e. The Bertz CT molecular complexity index is 870. The fourth-order valence-corrected chi connectivity index (χ4v) is 2.90. The lowest BCUT2D eigenvalue weighted by Gasteiger charge is -2.19. The molecule has 0 fully saturated rings. The van der Waals surface area contributed by atoms with Gasteiger partial charge >= 0.3 is 0 Å². The number of hydrogen-bond donors (Lipinski definition) is 2. The molecule has 0 aliphatic rings. The summed E-state index contributed by atoms with van der Waals surface area (Å²) >= 11 is 0. The average molecular weight is 374 g/mol. The number of benzene rings is 3. The quantitative estimate of drug-likeness (QED) is 0.666. The van der Waals surface area contributed by atoms with Gasteiger partial charge in [-0.15, -0.1) is 0 Å². The number of nitrogens with one attached hydrogen (secondary N) is 2. The zero-order valence-corrected chi connectivity index (χ0v) is 15.6. The van der Waals surface area contributed by atoms with E-state index in [1.54, 1.807) is 31.4 Å². The van der Waals surface area contributed by atoms with Crippen LogP contribution in [0.5, 0.6) is 5.75 Å². The van der Waals surface area contributed by atoms with Gasteiger partial charge in [0, 0.05) is 5.56 Å². The lowest BCUT2D eigenvalue weighted by atomic mass is 9.99. The van der Waals surface area contributed by atoms with Gasteiger partial charge < -0.3 is 4.74 Å². The van der Waals surface area contributed by atoms with Crippen molar-refractivity contribution in [2.24, 2.45) is 0 Å². The number of carbonyl (C=O) groups is 2. The third-order valence-corrected chi connectivity index (χ3v) is 4.34. The van der Waals surface area contributed by atoms with E-state index in [4.69, 9.17) is 4.74 Å². The third-order valence-electron chi connectivity index (χ3n) is 4.34. The van der Waals surface area contributed by atoms with Gasteiger partial charge in [-0.25, -0.2) is 0 Å². The fourth-order valence-electron chi connectivity index (χ4n) is 2.90. The van der Waals surface area contributed by atoms with Crippen molar-refractivity contribution in [3.63, 3.8) is 0 Å². The number of hydrogen-bond acceptors (Lipinski definition) is 4. The van der Waals surface area contributed by atoms with Crippen LogP contribution in [-0.4, -0.2) is 25.5 Å². The Hall–Kier alpha value is -3.44. The molecule has 0 atom stereocenters. The predicted octanol–water partition coefficient (Wildman–Crippen LogP) is 3.33. The summed E-state index contributed by atoms with van der Waals surface area (Å²) in [5.74, 6) is -0.179. The van der Waals surface area contributed by atoms with Gasteiger partial charge in [0.15, 0.2) is 0 Å². The maximum absolute atomic E-state index is 12.3. The molecule has 2 N–H and O–H groups in total. The molecule has 3 aromatic carbocycles. The van der Waals surface area contributed by atoms with Crippen molar-refractivity contribution in [1.29, 1.82) is 0 Å². The summed E-state index contributed by atoms with van der Waals surface area (Å²) in [7, 11) is 1.56. The van der Waals surface area contributed by atoms with Crippen LogP contribution in [0, 0.1) is 0 Å². The van der Waals surface area contributed by atoms with Crippen molar-refractivity contribution in [3.05, 3.63) is 102 Å². The highest BCUT2D eigenvalue weighted by molar-refractivity contribution is 6.05. The number of carbonyl (C=O) groups excluding carboxylic acids is 2. The van der Waals surface area contributed by atoms with Gasteiger partial charge in [-0.3, -0.25) is 20.2 Å². The van der Waals surface area contributed by atoms with Gasteiger partial charge in [0.2, 0.25) is 5.91 Å². The number of imide groups is 1. The van der Waals surface area contributed by atoms with E-state index in [1.165, 1.54) is 0 Å². The third kappa shape index (κ3) is 5.05. The Morgan fingerprint density at radius 3 is 1.86 bits per heavy atom. The Kier molecular flexibility index (Phi) is 6.54. The summed E-state index contributed by atoms with van der Waals surface area (Å²) in [6.45, 7) is 0.0103. The van der Waals surface area contributed by atoms with Gasteiger partial charge in [0.05, 0.1) is 19.7 Å². The molecule has 0 radical (unpaired) electrons. The van der Waals surface area contributed by atoms with E-state index in [2.05, 4.69) is 10.6 Å². The van der Waals surface area contributed by atoms with Crippen LogP contribution in [0.4, 0.5) is 0 Å². The van der Waals surface area contributed by atoms with Crippen molar-refractivity contribution in [2.75, 3.05) is 13.7 Å². The lowest BCUT2D eigenvalue weighted by Crippen LogP contribution is -2.39. The maximum Gasteiger partial charge on any atom is 0.257 e. The van der Waals surface area contributed by atoms with E-state index in [1.807, 2.05) is 60.7 Å². The SMILES string of the molecule is COc1ccc(C(=O)NC(=O)CNC(c2ccccc2)c2ccccc2)cc1. The zero-order valence-electron chi connectivity index (χ0n) is 15.6. The fraction of sp³-hybridized carbons (Fsp3) is 0.130. The highest BCUT2D eigenvalue weighted by Gasteiger charge is 2.16. The first kappa shape index (κ1) is 19.3. The number of rotatable bonds is 7. The number of ether oxygens (including phenoxy) is 1. The topological polar surface area (TPSA) is 67.4 Å². The summed E-state index contributed by atoms with van der Waals surface area (Å²) in [4.78, 5) is 24.5. The highest BCUT2D eigenvalue weighted by Crippen LogP contribution is 2.21. The zero-order chi connectivity index (χ0) is 19.8. The predicted molar refractivity (Wildman–Crippen MR) is 108 cm³/mol. The molecular weight excluding hydrogens is 352 g/mol. The molecule has 0 aliphatic carbocycles. The summed E-state index contributed by atoms with van der Waals surface area (Å²) in [6, 6.07) is 26.2. The Balaban J connectivity index is 1.64. The first-order valence-corrected chi connectivity index (χ1v) is 8.99. The molecule has 0 saturated carbocycles. The minimum Gasteiger partial charge on any atom is -0.497 e. The monoisotopic (exact) mass is 374 g/mol. The van der Waals surface area contributed by atoms with Gasteiger partial charge in [-0.1, -0.05) is 60.7 Å². The first-order chi connectivity index (χ1) is 13.7. The molecule has 0 bridgehead atoms. The molecule has 0 saturated heterocycles. The van der Waals surface area contributed by atoms with Crippen LogP contribution in [0.3, 0.4) is 0 Å². The molecule has 0 aliphatic heterocycles. The van der Waals surface area contributed by atoms with E-state index in [0.29, 0.717) is 11.3 Å². The molecule has 2 amide bonds. The van der Waals surface area contributed by atoms with Crippen LogP contribution < -0.4 is 15.4 Å². The maximum atomic E-state index is 12.3. The summed E-state index contributed by atoms with van der Waals surface area (Å²) in [5.41, 5.74) is 2.49. The summed E-state index contributed by atoms with van der Waals surface area (Å²) in [5, 5.41) is 5.65. The molecule has 3 rings (SSSR count). The lowest BCUT2D eigenvalue weighted by molar-refractivity contribution is -0.119. The van der Waals surface area contributed by atoms with E-state index in [9.17, 15) is 9.59 Å². The van der Waals surface area contributed by atoms with Crippen molar-refractivity contribution < 1.29 is 14.3 Å². The van der Waals surface area contributed by atoms with Crippen LogP contribution in [0.2, 0.25) is 0 Å². The van der Waals surface area contributed by atoms with Crippen molar-refractivity contribution in [3.8, 4) is 5.75 Å². The van der Waals surface area contributed by atoms with E-state index >= 15 is 0 Å². The molecule has 5 nitrogen and oxygen atoms in total. The molecular formula is C23H22N2O3. The van der Waals surface area contributed by atoms with Crippen molar-refractivity contribution in [1.82, 2.24) is 10.6 Å². The van der Waals surface area contributed by atoms with Gasteiger partial charge in [0.1, 0.15) is 5.75 Å². The molecule has 28 heavy (non-hydrogen) atoms. The molecule has 5 heteroatoms. The molecule has 142 valence electrons. The van der Waals surface area contributed by atoms with E-state index < -0.39 is 11.8 Å². The average Bonchev–Trinajstić information content (AvgIpc) is 2.75. The van der Waals surface area contributed by atoms with Gasteiger partial charge in [-0.05, 0) is 35.4 Å². The number of methoxy groups -OCH3 is 1. The largest absolute Gasteiger partial charge is 0.497 e. The molecule has 0 spiro atoms. The van der Waals surface area contributed by atoms with Crippen molar-refractivity contribution >= 4 is 11.8 Å². The molecule has 0 unspecified atom stereocenters. The normalized spacial score (nSPS) is 10.5. The number of amides is 2. The van der Waals surface area contributed by atoms with Crippen LogP contribution >= 0.6 is 0 Å². The molecule has 3 aromatic rings. The first-order valence-electron chi connectivity index (χ1n) is 8.99. The van der Waals surface area contributed by atoms with Gasteiger partial charge in [0.25, 0.3) is 5.91 Å². The second kappa shape index (κ2) is 9.48. The second-order valence-electron chi connectivity index (χ2n) is 6.24. The minimum atomic E-state index is -0.439. The van der Waals surface area contributed by atoms with E-state index in [-0.39, 0.29) is 12.6 Å². The standard InChI is InChI=1S/C23H22N2O3/c1-28-20-14-12-19(13-15-20)23(27)25-21(26)16-24-22(17-8-4-2-5-9-17)18-10-6-3-7-11-18/h2-15,22,24H,16H2,1H3,(H,25,26,27). The minimum absolute atomic E-state index is 0.0103. The van der Waals surface area contributed by atoms with Crippen molar-refractivity contribution in [2.45, 2.75) is 6.04 Å². The Morgan fingerprint density at radius 1 is 0.821 bits per heavy atom. The second-order valence-corrected chi connectivity index (χ2v) is 6.24. The van der Waals surface area contributed by atoms with Crippen LogP contribution in [0.15, 0.2) is 84.9 Å². The van der Waals surface area contributed by atoms with Crippen LogP contribution in [0.1, 0.15) is 27.5 Å². The Labute approximate surface area is 164 Å². The molecule has 0 aromatic heterocycles. The van der Waals surface area contributed by atoms with Crippen LogP contribution in [-0.2, 0) is 4.79 Å². The van der Waals surface area contributed by atoms with E-state index in [0.717, 1.165) is 11.1 Å².